The Balaban J connectivity index is 1.37. The van der Waals surface area contributed by atoms with Crippen LogP contribution >= 0.6 is 0 Å². The van der Waals surface area contributed by atoms with Gasteiger partial charge in [0.05, 0.1) is 12.1 Å². The van der Waals surface area contributed by atoms with Gasteiger partial charge in [-0.1, -0.05) is 48.5 Å². The molecule has 7 nitrogen and oxygen atoms in total. The minimum Gasteiger partial charge on any atom is -0.381 e. The molecule has 1 unspecified atom stereocenters. The van der Waals surface area contributed by atoms with Crippen LogP contribution in [0.25, 0.3) is 22.2 Å². The maximum Gasteiger partial charge on any atom is 0.416 e. The van der Waals surface area contributed by atoms with Crippen molar-refractivity contribution in [3.8, 4) is 11.1 Å². The topological polar surface area (TPSA) is 83.9 Å². The van der Waals surface area contributed by atoms with Gasteiger partial charge in [0.1, 0.15) is 5.65 Å². The molecule has 1 aliphatic heterocycles. The highest BCUT2D eigenvalue weighted by Gasteiger charge is 2.33. The summed E-state index contributed by atoms with van der Waals surface area (Å²) in [7, 11) is 0. The van der Waals surface area contributed by atoms with Gasteiger partial charge in [-0.2, -0.15) is 18.2 Å². The summed E-state index contributed by atoms with van der Waals surface area (Å²) in [6, 6.07) is 24.1. The van der Waals surface area contributed by atoms with Gasteiger partial charge in [0.2, 0.25) is 5.95 Å². The molecule has 3 heterocycles. The molecule has 1 aliphatic rings. The van der Waals surface area contributed by atoms with E-state index in [0.717, 1.165) is 43.4 Å². The summed E-state index contributed by atoms with van der Waals surface area (Å²) >= 11 is 0. The first-order valence-corrected chi connectivity index (χ1v) is 13.8. The minimum absolute atomic E-state index is 0.0250. The van der Waals surface area contributed by atoms with Crippen molar-refractivity contribution in [3.05, 3.63) is 113 Å². The highest BCUT2D eigenvalue weighted by Crippen LogP contribution is 2.32. The summed E-state index contributed by atoms with van der Waals surface area (Å²) in [5.41, 5.74) is 1.72. The molecule has 3 N–H and O–H groups in total. The van der Waals surface area contributed by atoms with Crippen LogP contribution in [0.15, 0.2) is 95.9 Å². The second-order valence-electron chi connectivity index (χ2n) is 10.3. The van der Waals surface area contributed by atoms with Gasteiger partial charge in [0.25, 0.3) is 5.56 Å². The lowest BCUT2D eigenvalue weighted by Crippen LogP contribution is -2.38. The molecule has 0 radical (unpaired) electrons. The molecule has 2 aromatic heterocycles. The van der Waals surface area contributed by atoms with Crippen LogP contribution in [-0.4, -0.2) is 33.7 Å². The fraction of sp³-hybridized carbons (Fsp3) is 0.219. The van der Waals surface area contributed by atoms with Crippen LogP contribution in [0.2, 0.25) is 0 Å². The van der Waals surface area contributed by atoms with E-state index in [4.69, 9.17) is 0 Å². The van der Waals surface area contributed by atoms with Crippen LogP contribution in [-0.2, 0) is 12.7 Å². The van der Waals surface area contributed by atoms with Crippen LogP contribution < -0.4 is 21.5 Å². The van der Waals surface area contributed by atoms with Crippen molar-refractivity contribution in [1.82, 2.24) is 19.9 Å². The highest BCUT2D eigenvalue weighted by molar-refractivity contribution is 5.82. The van der Waals surface area contributed by atoms with Gasteiger partial charge in [0, 0.05) is 41.1 Å². The number of halogens is 3. The van der Waals surface area contributed by atoms with Crippen molar-refractivity contribution >= 4 is 28.4 Å². The molecule has 5 aromatic rings. The number of anilines is 3. The average molecular weight is 571 g/mol. The molecular formula is C32H29F3N6O. The molecule has 214 valence electrons. The smallest absolute Gasteiger partial charge is 0.381 e. The van der Waals surface area contributed by atoms with Crippen molar-refractivity contribution in [2.75, 3.05) is 23.7 Å². The maximum absolute atomic E-state index is 13.8. The second kappa shape index (κ2) is 11.7. The molecule has 0 amide bonds. The molecule has 1 fully saturated rings. The molecule has 42 heavy (non-hydrogen) atoms. The van der Waals surface area contributed by atoms with Gasteiger partial charge in [-0.05, 0) is 66.9 Å². The Labute approximate surface area is 240 Å². The standard InChI is InChI=1S/C32H29F3N6O/c33-32(34,35)28-11-5-4-9-22(28)20-41-29-23(17-27(30(41)42)21-7-2-1-3-8-21)18-37-31(40-29)39-25-14-12-24(13-15-25)38-26-10-6-16-36-19-26/h1-5,7-9,11-15,17-18,26,36,38H,6,10,16,19-20H2,(H,37,39,40). The van der Waals surface area contributed by atoms with Crippen molar-refractivity contribution < 1.29 is 13.2 Å². The molecule has 1 saturated heterocycles. The molecule has 10 heteroatoms. The molecule has 0 bridgehead atoms. The number of hydrogen-bond donors (Lipinski definition) is 3. The maximum atomic E-state index is 13.8. The summed E-state index contributed by atoms with van der Waals surface area (Å²) < 4.78 is 42.8. The quantitative estimate of drug-likeness (QED) is 0.209. The first kappa shape index (κ1) is 27.5. The van der Waals surface area contributed by atoms with Crippen LogP contribution in [0.3, 0.4) is 0 Å². The Morgan fingerprint density at radius 1 is 0.952 bits per heavy atom. The number of hydrogen-bond acceptors (Lipinski definition) is 6. The van der Waals surface area contributed by atoms with Gasteiger partial charge in [0.15, 0.2) is 0 Å². The number of pyridine rings is 1. The van der Waals surface area contributed by atoms with E-state index in [1.54, 1.807) is 36.5 Å². The van der Waals surface area contributed by atoms with E-state index in [1.807, 2.05) is 30.3 Å². The number of aromatic nitrogens is 3. The van der Waals surface area contributed by atoms with E-state index >= 15 is 0 Å². The Morgan fingerprint density at radius 2 is 1.69 bits per heavy atom. The lowest BCUT2D eigenvalue weighted by Gasteiger charge is -2.24. The number of alkyl halides is 3. The number of benzene rings is 3. The lowest BCUT2D eigenvalue weighted by atomic mass is 10.0. The van der Waals surface area contributed by atoms with Crippen LogP contribution in [0.5, 0.6) is 0 Å². The van der Waals surface area contributed by atoms with E-state index in [9.17, 15) is 18.0 Å². The van der Waals surface area contributed by atoms with Crippen molar-refractivity contribution in [1.29, 1.82) is 0 Å². The molecule has 1 atom stereocenters. The van der Waals surface area contributed by atoms with Gasteiger partial charge in [-0.3, -0.25) is 9.36 Å². The number of nitrogens with one attached hydrogen (secondary N) is 3. The number of rotatable bonds is 7. The summed E-state index contributed by atoms with van der Waals surface area (Å²) in [5, 5.41) is 10.6. The highest BCUT2D eigenvalue weighted by atomic mass is 19.4. The van der Waals surface area contributed by atoms with Crippen molar-refractivity contribution in [2.45, 2.75) is 31.6 Å². The van der Waals surface area contributed by atoms with Gasteiger partial charge in [-0.25, -0.2) is 4.98 Å². The third kappa shape index (κ3) is 5.99. The predicted octanol–water partition coefficient (Wildman–Crippen LogP) is 6.43. The molecule has 0 spiro atoms. The van der Waals surface area contributed by atoms with Crippen LogP contribution in [0, 0.1) is 0 Å². The number of fused-ring (bicyclic) bond motifs is 1. The fourth-order valence-electron chi connectivity index (χ4n) is 5.29. The predicted molar refractivity (Wildman–Crippen MR) is 159 cm³/mol. The van der Waals surface area contributed by atoms with E-state index in [1.165, 1.54) is 22.8 Å². The third-order valence-electron chi connectivity index (χ3n) is 7.37. The summed E-state index contributed by atoms with van der Waals surface area (Å²) in [6.45, 7) is 1.66. The molecular weight excluding hydrogens is 541 g/mol. The molecule has 3 aromatic carbocycles. The lowest BCUT2D eigenvalue weighted by molar-refractivity contribution is -0.138. The summed E-state index contributed by atoms with van der Waals surface area (Å²) in [5.74, 6) is 0.226. The fourth-order valence-corrected chi connectivity index (χ4v) is 5.29. The minimum atomic E-state index is -4.57. The van der Waals surface area contributed by atoms with Crippen LogP contribution in [0.4, 0.5) is 30.5 Å². The van der Waals surface area contributed by atoms with E-state index in [-0.39, 0.29) is 23.7 Å². The van der Waals surface area contributed by atoms with Crippen LogP contribution in [0.1, 0.15) is 24.0 Å². The zero-order valence-electron chi connectivity index (χ0n) is 22.7. The SMILES string of the molecule is O=c1c(-c2ccccc2)cc2cnc(Nc3ccc(NC4CCCNC4)cc3)nc2n1Cc1ccccc1C(F)(F)F. The van der Waals surface area contributed by atoms with E-state index in [2.05, 4.69) is 25.9 Å². The largest absolute Gasteiger partial charge is 0.416 e. The zero-order chi connectivity index (χ0) is 29.1. The Bertz CT molecular complexity index is 1750. The van der Waals surface area contributed by atoms with E-state index in [0.29, 0.717) is 22.6 Å². The first-order valence-electron chi connectivity index (χ1n) is 13.8. The van der Waals surface area contributed by atoms with Gasteiger partial charge in [-0.15, -0.1) is 0 Å². The van der Waals surface area contributed by atoms with Gasteiger partial charge < -0.3 is 16.0 Å². The molecule has 0 saturated carbocycles. The third-order valence-corrected chi connectivity index (χ3v) is 7.37. The van der Waals surface area contributed by atoms with Crippen molar-refractivity contribution in [3.63, 3.8) is 0 Å². The summed E-state index contributed by atoms with van der Waals surface area (Å²) in [6.07, 6.45) is -0.743. The number of piperidine rings is 1. The Kier molecular flexibility index (Phi) is 7.62. The monoisotopic (exact) mass is 570 g/mol. The summed E-state index contributed by atoms with van der Waals surface area (Å²) in [4.78, 5) is 22.9. The molecule has 6 rings (SSSR count). The normalized spacial score (nSPS) is 15.5. The average Bonchev–Trinajstić information content (AvgIpc) is 3.00. The zero-order valence-corrected chi connectivity index (χ0v) is 22.7. The van der Waals surface area contributed by atoms with Crippen molar-refractivity contribution in [2.24, 2.45) is 0 Å². The Morgan fingerprint density at radius 3 is 2.43 bits per heavy atom. The second-order valence-corrected chi connectivity index (χ2v) is 10.3. The van der Waals surface area contributed by atoms with E-state index < -0.39 is 17.3 Å². The molecule has 0 aliphatic carbocycles. The Hall–Kier alpha value is -4.70. The number of nitrogens with zero attached hydrogens (tertiary/aromatic N) is 3. The van der Waals surface area contributed by atoms with Gasteiger partial charge >= 0.3 is 6.18 Å². The first-order chi connectivity index (χ1) is 20.3.